The summed E-state index contributed by atoms with van der Waals surface area (Å²) in [5, 5.41) is 9.55. The molecule has 0 spiro atoms. The zero-order valence-electron chi connectivity index (χ0n) is 14.5. The van der Waals surface area contributed by atoms with Crippen molar-refractivity contribution >= 4 is 35.2 Å². The molecule has 8 nitrogen and oxygen atoms in total. The molecular weight excluding hydrogens is 356 g/mol. The van der Waals surface area contributed by atoms with Crippen molar-refractivity contribution in [2.45, 2.75) is 20.4 Å². The van der Waals surface area contributed by atoms with Crippen LogP contribution in [0.5, 0.6) is 0 Å². The normalized spacial score (nSPS) is 10.1. The maximum atomic E-state index is 11.8. The predicted molar refractivity (Wildman–Crippen MR) is 101 cm³/mol. The number of carbonyl (C=O) groups excluding carboxylic acids is 2. The number of nitrogens with one attached hydrogen (secondary N) is 2. The quantitative estimate of drug-likeness (QED) is 0.591. The lowest BCUT2D eigenvalue weighted by Crippen LogP contribution is -2.34. The molecule has 138 valence electrons. The maximum absolute atomic E-state index is 11.8. The van der Waals surface area contributed by atoms with Crippen LogP contribution in [0, 0.1) is 0 Å². The Hall–Kier alpha value is -2.94. The molecule has 0 saturated carbocycles. The lowest BCUT2D eigenvalue weighted by molar-refractivity contribution is -0.144. The molecule has 2 rings (SSSR count). The summed E-state index contributed by atoms with van der Waals surface area (Å²) in [6, 6.07) is 11.2. The number of hydrogen-bond donors (Lipinski definition) is 2. The van der Waals surface area contributed by atoms with E-state index in [4.69, 9.17) is 21.7 Å². The van der Waals surface area contributed by atoms with E-state index in [1.54, 1.807) is 19.9 Å². The number of rotatable bonds is 6. The van der Waals surface area contributed by atoms with Crippen molar-refractivity contribution in [3.63, 3.8) is 0 Å². The number of hydrogen-bond acceptors (Lipinski definition) is 6. The van der Waals surface area contributed by atoms with E-state index in [-0.39, 0.29) is 18.3 Å². The highest BCUT2D eigenvalue weighted by Gasteiger charge is 2.15. The molecule has 2 N–H and O–H groups in total. The van der Waals surface area contributed by atoms with Gasteiger partial charge in [0.15, 0.2) is 10.9 Å². The average molecular weight is 376 g/mol. The van der Waals surface area contributed by atoms with E-state index in [2.05, 4.69) is 15.7 Å². The Balaban J connectivity index is 2.20. The summed E-state index contributed by atoms with van der Waals surface area (Å²) in [4.78, 5) is 23.2. The van der Waals surface area contributed by atoms with Gasteiger partial charge >= 0.3 is 12.1 Å². The standard InChI is InChI=1S/C17H20N4O4S/c1-3-24-15(22)11-21-13(12-8-6-5-7-9-12)10-14(20-21)18-16(26)19-17(23)25-4-2/h5-10H,3-4,11H2,1-2H3,(H2,18,19,20,23,26). The molecular formula is C17H20N4O4S. The summed E-state index contributed by atoms with van der Waals surface area (Å²) < 4.78 is 11.3. The van der Waals surface area contributed by atoms with Gasteiger partial charge < -0.3 is 14.8 Å². The van der Waals surface area contributed by atoms with Crippen molar-refractivity contribution in [1.29, 1.82) is 0 Å². The van der Waals surface area contributed by atoms with Gasteiger partial charge in [0, 0.05) is 6.07 Å². The first kappa shape index (κ1) is 19.4. The molecule has 0 unspecified atom stereocenters. The van der Waals surface area contributed by atoms with Crippen molar-refractivity contribution in [2.24, 2.45) is 0 Å². The van der Waals surface area contributed by atoms with Crippen molar-refractivity contribution in [2.75, 3.05) is 18.5 Å². The topological polar surface area (TPSA) is 94.5 Å². The number of amides is 1. The summed E-state index contributed by atoms with van der Waals surface area (Å²) in [6.07, 6.45) is -0.653. The zero-order chi connectivity index (χ0) is 18.9. The second-order valence-corrected chi connectivity index (χ2v) is 5.45. The van der Waals surface area contributed by atoms with E-state index >= 15 is 0 Å². The Bertz CT molecular complexity index is 776. The Morgan fingerprint density at radius 1 is 1.15 bits per heavy atom. The van der Waals surface area contributed by atoms with E-state index in [0.29, 0.717) is 18.1 Å². The lowest BCUT2D eigenvalue weighted by atomic mass is 10.1. The Labute approximate surface area is 156 Å². The molecule has 0 aliphatic rings. The van der Waals surface area contributed by atoms with Gasteiger partial charge in [-0.25, -0.2) is 4.79 Å². The highest BCUT2D eigenvalue weighted by atomic mass is 32.1. The first-order chi connectivity index (χ1) is 12.5. The molecule has 0 atom stereocenters. The molecule has 0 fully saturated rings. The Morgan fingerprint density at radius 2 is 1.85 bits per heavy atom. The predicted octanol–water partition coefficient (Wildman–Crippen LogP) is 2.56. The van der Waals surface area contributed by atoms with Crippen LogP contribution in [0.25, 0.3) is 11.3 Å². The van der Waals surface area contributed by atoms with Crippen molar-refractivity contribution < 1.29 is 19.1 Å². The van der Waals surface area contributed by atoms with Crippen LogP contribution in [0.2, 0.25) is 0 Å². The maximum Gasteiger partial charge on any atom is 0.413 e. The Kier molecular flexibility index (Phi) is 7.10. The van der Waals surface area contributed by atoms with Gasteiger partial charge in [-0.15, -0.1) is 0 Å². The van der Waals surface area contributed by atoms with Gasteiger partial charge in [0.25, 0.3) is 0 Å². The fraction of sp³-hybridized carbons (Fsp3) is 0.294. The van der Waals surface area contributed by atoms with Crippen LogP contribution in [0.15, 0.2) is 36.4 Å². The minimum absolute atomic E-state index is 0.0438. The number of carbonyl (C=O) groups is 2. The number of aromatic nitrogens is 2. The molecule has 2 aromatic rings. The third-order valence-electron chi connectivity index (χ3n) is 3.17. The van der Waals surface area contributed by atoms with E-state index in [0.717, 1.165) is 5.56 Å². The monoisotopic (exact) mass is 376 g/mol. The van der Waals surface area contributed by atoms with Gasteiger partial charge in [-0.05, 0) is 31.6 Å². The molecule has 1 aromatic carbocycles. The van der Waals surface area contributed by atoms with Crippen LogP contribution in [0.4, 0.5) is 10.6 Å². The summed E-state index contributed by atoms with van der Waals surface area (Å²) in [5.41, 5.74) is 1.58. The number of anilines is 1. The molecule has 1 heterocycles. The molecule has 0 bridgehead atoms. The number of benzene rings is 1. The van der Waals surface area contributed by atoms with E-state index in [9.17, 15) is 9.59 Å². The van der Waals surface area contributed by atoms with Crippen LogP contribution < -0.4 is 10.6 Å². The molecule has 1 amide bonds. The van der Waals surface area contributed by atoms with Gasteiger partial charge in [0.2, 0.25) is 0 Å². The van der Waals surface area contributed by atoms with Crippen LogP contribution in [0.1, 0.15) is 13.8 Å². The molecule has 1 aromatic heterocycles. The number of thiocarbonyl (C=S) groups is 1. The molecule has 26 heavy (non-hydrogen) atoms. The highest BCUT2D eigenvalue weighted by Crippen LogP contribution is 2.22. The van der Waals surface area contributed by atoms with Crippen LogP contribution in [-0.4, -0.2) is 40.2 Å². The fourth-order valence-electron chi connectivity index (χ4n) is 2.18. The smallest absolute Gasteiger partial charge is 0.413 e. The first-order valence-electron chi connectivity index (χ1n) is 8.07. The first-order valence-corrected chi connectivity index (χ1v) is 8.48. The zero-order valence-corrected chi connectivity index (χ0v) is 15.3. The van der Waals surface area contributed by atoms with Gasteiger partial charge in [-0.2, -0.15) is 5.10 Å². The van der Waals surface area contributed by atoms with Gasteiger partial charge in [-0.1, -0.05) is 30.3 Å². The number of esters is 1. The van der Waals surface area contributed by atoms with Crippen LogP contribution in [0.3, 0.4) is 0 Å². The molecule has 0 aliphatic heterocycles. The number of nitrogens with zero attached hydrogens (tertiary/aromatic N) is 2. The van der Waals surface area contributed by atoms with Crippen LogP contribution >= 0.6 is 12.2 Å². The fourth-order valence-corrected chi connectivity index (χ4v) is 2.36. The third kappa shape index (κ3) is 5.55. The molecule has 0 aliphatic carbocycles. The molecule has 9 heteroatoms. The molecule has 0 saturated heterocycles. The minimum Gasteiger partial charge on any atom is -0.465 e. The number of ether oxygens (including phenoxy) is 2. The van der Waals surface area contributed by atoms with Crippen molar-refractivity contribution in [3.8, 4) is 11.3 Å². The second-order valence-electron chi connectivity index (χ2n) is 5.04. The summed E-state index contributed by atoms with van der Waals surface area (Å²) in [5.74, 6) is -0.0125. The van der Waals surface area contributed by atoms with E-state index in [1.165, 1.54) is 4.68 Å². The van der Waals surface area contributed by atoms with Crippen molar-refractivity contribution in [3.05, 3.63) is 36.4 Å². The highest BCUT2D eigenvalue weighted by molar-refractivity contribution is 7.80. The average Bonchev–Trinajstić information content (AvgIpc) is 2.97. The summed E-state index contributed by atoms with van der Waals surface area (Å²) in [7, 11) is 0. The minimum atomic E-state index is -0.653. The SMILES string of the molecule is CCOC(=O)Cn1nc(NC(=S)NC(=O)OCC)cc1-c1ccccc1. The second kappa shape index (κ2) is 9.52. The lowest BCUT2D eigenvalue weighted by Gasteiger charge is -2.07. The Morgan fingerprint density at radius 3 is 2.50 bits per heavy atom. The van der Waals surface area contributed by atoms with Gasteiger partial charge in [0.05, 0.1) is 18.9 Å². The van der Waals surface area contributed by atoms with Gasteiger partial charge in [-0.3, -0.25) is 14.8 Å². The van der Waals surface area contributed by atoms with E-state index < -0.39 is 12.1 Å². The van der Waals surface area contributed by atoms with Crippen LogP contribution in [-0.2, 0) is 20.8 Å². The number of alkyl carbamates (subject to hydrolysis) is 1. The summed E-state index contributed by atoms with van der Waals surface area (Å²) >= 11 is 5.06. The van der Waals surface area contributed by atoms with Gasteiger partial charge in [0.1, 0.15) is 6.54 Å². The van der Waals surface area contributed by atoms with E-state index in [1.807, 2.05) is 30.3 Å². The largest absolute Gasteiger partial charge is 0.465 e. The summed E-state index contributed by atoms with van der Waals surface area (Å²) in [6.45, 7) is 3.92. The molecule has 0 radical (unpaired) electrons. The van der Waals surface area contributed by atoms with Crippen molar-refractivity contribution in [1.82, 2.24) is 15.1 Å². The third-order valence-corrected chi connectivity index (χ3v) is 3.37.